The number of phenolic OH excluding ortho intramolecular Hbond substituents is 1. The Hall–Kier alpha value is -4.35. The van der Waals surface area contributed by atoms with Gasteiger partial charge in [-0.15, -0.1) is 0 Å². The Labute approximate surface area is 247 Å². The van der Waals surface area contributed by atoms with Crippen molar-refractivity contribution in [1.29, 1.82) is 0 Å². The zero-order chi connectivity index (χ0) is 31.3. The molecule has 2 aromatic carbocycles. The summed E-state index contributed by atoms with van der Waals surface area (Å²) in [6, 6.07) is 6.22. The molecular formula is C32H34N2O9. The average Bonchev–Trinajstić information content (AvgIpc) is 3.38. The van der Waals surface area contributed by atoms with Crippen molar-refractivity contribution in [2.75, 3.05) is 20.9 Å². The van der Waals surface area contributed by atoms with E-state index in [-0.39, 0.29) is 36.5 Å². The van der Waals surface area contributed by atoms with Crippen LogP contribution in [0.5, 0.6) is 17.2 Å². The van der Waals surface area contributed by atoms with Crippen LogP contribution >= 0.6 is 0 Å². The van der Waals surface area contributed by atoms with E-state index in [1.54, 1.807) is 20.2 Å². The molecule has 0 spiro atoms. The Morgan fingerprint density at radius 1 is 1.07 bits per heavy atom. The van der Waals surface area contributed by atoms with Crippen molar-refractivity contribution in [3.05, 3.63) is 63.6 Å². The highest BCUT2D eigenvalue weighted by molar-refractivity contribution is 6.25. The molecule has 1 aliphatic heterocycles. The number of ketones is 2. The van der Waals surface area contributed by atoms with Crippen LogP contribution < -0.4 is 15.2 Å². The standard InChI is InChI=1S/C32H34N2O9/c1-31(2,3)18-11-15(13-6-7-19-20(10-13)43-12-42-19)16-8-14-9-17-24(34(4)5)27(37)23(30(33)40)29(39)32(17,41)28(38)21(14)26(36)22(16)25(18)35/h6-7,10-11,14,17,24,35,37-38,41H,8-9,12H2,1-5H3,(H2,33,40)/t14-,17+,24-,32-/m0/s1. The molecule has 4 aliphatic rings. The third kappa shape index (κ3) is 3.91. The van der Waals surface area contributed by atoms with Gasteiger partial charge in [0.25, 0.3) is 5.91 Å². The predicted octanol–water partition coefficient (Wildman–Crippen LogP) is 2.81. The van der Waals surface area contributed by atoms with Crippen LogP contribution in [0.1, 0.15) is 48.7 Å². The molecule has 0 aromatic heterocycles. The molecule has 0 radical (unpaired) electrons. The molecule has 0 fully saturated rings. The maximum absolute atomic E-state index is 14.3. The number of phenols is 1. The van der Waals surface area contributed by atoms with Crippen molar-refractivity contribution >= 4 is 17.5 Å². The molecule has 6 rings (SSSR count). The van der Waals surface area contributed by atoms with Gasteiger partial charge in [0.15, 0.2) is 22.9 Å². The second-order valence-electron chi connectivity index (χ2n) is 13.0. The summed E-state index contributed by atoms with van der Waals surface area (Å²) < 4.78 is 11.1. The van der Waals surface area contributed by atoms with E-state index in [9.17, 15) is 34.8 Å². The van der Waals surface area contributed by atoms with Crippen molar-refractivity contribution in [3.8, 4) is 28.4 Å². The lowest BCUT2D eigenvalue weighted by Crippen LogP contribution is -2.63. The largest absolute Gasteiger partial charge is 0.510 e. The summed E-state index contributed by atoms with van der Waals surface area (Å²) in [4.78, 5) is 41.7. The molecule has 0 bridgehead atoms. The van der Waals surface area contributed by atoms with Crippen molar-refractivity contribution in [2.45, 2.75) is 50.7 Å². The van der Waals surface area contributed by atoms with E-state index in [2.05, 4.69) is 0 Å². The third-order valence-electron chi connectivity index (χ3n) is 9.21. The fourth-order valence-corrected chi connectivity index (χ4v) is 7.21. The molecule has 6 N–H and O–H groups in total. The van der Waals surface area contributed by atoms with Crippen LogP contribution in [0.25, 0.3) is 11.1 Å². The first-order valence-corrected chi connectivity index (χ1v) is 14.0. The number of aliphatic hydroxyl groups is 3. The molecule has 1 amide bonds. The molecule has 11 heteroatoms. The number of Topliss-reactive ketones (excluding diaryl/α,β-unsaturated/α-hetero) is 2. The monoisotopic (exact) mass is 590 g/mol. The molecular weight excluding hydrogens is 556 g/mol. The number of nitrogens with two attached hydrogens (primary N) is 1. The summed E-state index contributed by atoms with van der Waals surface area (Å²) in [5.41, 5.74) is 3.53. The molecule has 11 nitrogen and oxygen atoms in total. The number of likely N-dealkylation sites (N-methyl/N-ethyl adjacent to an activating group) is 1. The van der Waals surface area contributed by atoms with Crippen LogP contribution in [-0.4, -0.2) is 75.3 Å². The Kier molecular flexibility index (Phi) is 6.23. The van der Waals surface area contributed by atoms with Crippen molar-refractivity contribution in [2.24, 2.45) is 17.6 Å². The first kappa shape index (κ1) is 28.8. The summed E-state index contributed by atoms with van der Waals surface area (Å²) in [6.07, 6.45) is 0.185. The molecule has 3 aliphatic carbocycles. The highest BCUT2D eigenvalue weighted by atomic mass is 16.7. The number of carbonyl (C=O) groups is 3. The summed E-state index contributed by atoms with van der Waals surface area (Å²) in [5, 5.41) is 46.0. The average molecular weight is 591 g/mol. The lowest BCUT2D eigenvalue weighted by atomic mass is 9.58. The minimum atomic E-state index is -2.69. The molecule has 2 aromatic rings. The van der Waals surface area contributed by atoms with Gasteiger partial charge in [0, 0.05) is 17.1 Å². The number of hydrogen-bond acceptors (Lipinski definition) is 10. The molecule has 0 unspecified atom stereocenters. The highest BCUT2D eigenvalue weighted by Gasteiger charge is 2.63. The zero-order valence-electron chi connectivity index (χ0n) is 24.5. The maximum Gasteiger partial charge on any atom is 0.255 e. The number of primary amides is 1. The van der Waals surface area contributed by atoms with Gasteiger partial charge in [-0.05, 0) is 73.2 Å². The van der Waals surface area contributed by atoms with Gasteiger partial charge in [-0.3, -0.25) is 19.3 Å². The number of nitrogens with zero attached hydrogens (tertiary/aromatic N) is 1. The van der Waals surface area contributed by atoms with Gasteiger partial charge in [0.1, 0.15) is 22.8 Å². The van der Waals surface area contributed by atoms with E-state index >= 15 is 0 Å². The quantitative estimate of drug-likeness (QED) is 0.334. The first-order chi connectivity index (χ1) is 20.1. The molecule has 43 heavy (non-hydrogen) atoms. The van der Waals surface area contributed by atoms with Crippen LogP contribution in [0.15, 0.2) is 46.9 Å². The number of carbonyl (C=O) groups excluding carboxylic acids is 3. The predicted molar refractivity (Wildman–Crippen MR) is 154 cm³/mol. The normalized spacial score (nSPS) is 26.4. The van der Waals surface area contributed by atoms with Gasteiger partial charge < -0.3 is 35.6 Å². The van der Waals surface area contributed by atoms with Crippen LogP contribution in [0.4, 0.5) is 0 Å². The van der Waals surface area contributed by atoms with Crippen molar-refractivity contribution < 1.29 is 44.3 Å². The second kappa shape index (κ2) is 9.32. The molecule has 0 saturated heterocycles. The fraction of sp³-hybridized carbons (Fsp3) is 0.406. The first-order valence-electron chi connectivity index (χ1n) is 14.0. The maximum atomic E-state index is 14.3. The van der Waals surface area contributed by atoms with Crippen LogP contribution in [0.3, 0.4) is 0 Å². The molecule has 4 atom stereocenters. The van der Waals surface area contributed by atoms with E-state index in [0.717, 1.165) is 5.56 Å². The molecule has 1 heterocycles. The van der Waals surface area contributed by atoms with Gasteiger partial charge in [0.2, 0.25) is 12.6 Å². The Bertz CT molecular complexity index is 1700. The summed E-state index contributed by atoms with van der Waals surface area (Å²) >= 11 is 0. The molecule has 0 saturated carbocycles. The topological polar surface area (TPSA) is 180 Å². The van der Waals surface area contributed by atoms with Crippen molar-refractivity contribution in [1.82, 2.24) is 4.90 Å². The van der Waals surface area contributed by atoms with E-state index < -0.39 is 63.5 Å². The zero-order valence-corrected chi connectivity index (χ0v) is 24.5. The van der Waals surface area contributed by atoms with E-state index in [1.807, 2.05) is 39.0 Å². The fourth-order valence-electron chi connectivity index (χ4n) is 7.21. The Morgan fingerprint density at radius 2 is 1.74 bits per heavy atom. The number of amides is 1. The highest BCUT2D eigenvalue weighted by Crippen LogP contribution is 2.54. The van der Waals surface area contributed by atoms with E-state index in [1.165, 1.54) is 4.90 Å². The lowest BCUT2D eigenvalue weighted by molar-refractivity contribution is -0.148. The minimum absolute atomic E-state index is 0.00806. The number of aliphatic hydroxyl groups excluding tert-OH is 2. The SMILES string of the molecule is CN(C)[C@@H]1C(O)=C(C(N)=O)C(=O)[C@@]2(O)C(O)=C3C(=O)c4c(O)c(C(C)(C)C)cc(-c5ccc6c(c5)OCO6)c4C[C@H]3C[C@H]12. The number of hydrogen-bond donors (Lipinski definition) is 5. The number of rotatable bonds is 3. The summed E-state index contributed by atoms with van der Waals surface area (Å²) in [6.45, 7) is 5.77. The van der Waals surface area contributed by atoms with Gasteiger partial charge in [-0.2, -0.15) is 0 Å². The minimum Gasteiger partial charge on any atom is -0.510 e. The smallest absolute Gasteiger partial charge is 0.255 e. The summed E-state index contributed by atoms with van der Waals surface area (Å²) in [5.74, 6) is -5.65. The Morgan fingerprint density at radius 3 is 2.37 bits per heavy atom. The van der Waals surface area contributed by atoms with Crippen molar-refractivity contribution in [3.63, 3.8) is 0 Å². The van der Waals surface area contributed by atoms with Gasteiger partial charge >= 0.3 is 0 Å². The third-order valence-corrected chi connectivity index (χ3v) is 9.21. The van der Waals surface area contributed by atoms with Crippen LogP contribution in [0, 0.1) is 11.8 Å². The van der Waals surface area contributed by atoms with Gasteiger partial charge in [-0.1, -0.05) is 26.8 Å². The Balaban J connectivity index is 1.60. The number of allylic oxidation sites excluding steroid dienone is 1. The van der Waals surface area contributed by atoms with E-state index in [4.69, 9.17) is 15.2 Å². The number of ether oxygens (including phenoxy) is 2. The second-order valence-corrected chi connectivity index (χ2v) is 13.0. The molecule has 226 valence electrons. The number of fused-ring (bicyclic) bond motifs is 4. The van der Waals surface area contributed by atoms with Gasteiger partial charge in [0.05, 0.1) is 11.6 Å². The van der Waals surface area contributed by atoms with Crippen LogP contribution in [0.2, 0.25) is 0 Å². The van der Waals surface area contributed by atoms with E-state index in [0.29, 0.717) is 28.2 Å². The summed E-state index contributed by atoms with van der Waals surface area (Å²) in [7, 11) is 3.19. The van der Waals surface area contributed by atoms with Gasteiger partial charge in [-0.25, -0.2) is 0 Å². The number of aromatic hydroxyl groups is 1. The lowest BCUT2D eigenvalue weighted by Gasteiger charge is -2.50. The van der Waals surface area contributed by atoms with Crippen LogP contribution in [-0.2, 0) is 21.4 Å². The number of benzene rings is 2.